The third-order valence-electron chi connectivity index (χ3n) is 3.35. The van der Waals surface area contributed by atoms with Gasteiger partial charge in [0.2, 0.25) is 0 Å². The van der Waals surface area contributed by atoms with E-state index >= 15 is 0 Å². The van der Waals surface area contributed by atoms with Crippen molar-refractivity contribution in [1.82, 2.24) is 4.98 Å². The molecular weight excluding hydrogens is 302 g/mol. The number of fused-ring (bicyclic) bond motifs is 1. The first-order valence-corrected chi connectivity index (χ1v) is 8.24. The third kappa shape index (κ3) is 3.04. The molecule has 0 fully saturated rings. The molecule has 0 aliphatic rings. The van der Waals surface area contributed by atoms with Crippen molar-refractivity contribution in [3.8, 4) is 10.8 Å². The quantitative estimate of drug-likeness (QED) is 0.565. The number of rotatable bonds is 4. The van der Waals surface area contributed by atoms with Gasteiger partial charge in [-0.25, -0.2) is 4.98 Å². The second-order valence-corrected chi connectivity index (χ2v) is 6.49. The molecule has 3 aromatic rings. The zero-order chi connectivity index (χ0) is 14.8. The second-order valence-electron chi connectivity index (χ2n) is 5.20. The fourth-order valence-corrected chi connectivity index (χ4v) is 3.38. The van der Waals surface area contributed by atoms with Gasteiger partial charge in [-0.15, -0.1) is 22.9 Å². The highest BCUT2D eigenvalue weighted by atomic mass is 35.5. The highest BCUT2D eigenvalue weighted by Gasteiger charge is 2.10. The summed E-state index contributed by atoms with van der Waals surface area (Å²) in [5.41, 5.74) is 2.18. The molecule has 1 aromatic carbocycles. The highest BCUT2D eigenvalue weighted by Crippen LogP contribution is 2.31. The van der Waals surface area contributed by atoms with E-state index in [1.165, 1.54) is 10.3 Å². The number of aromatic nitrogens is 1. The summed E-state index contributed by atoms with van der Waals surface area (Å²) in [6, 6.07) is 12.0. The summed E-state index contributed by atoms with van der Waals surface area (Å²) in [4.78, 5) is 4.61. The molecule has 108 valence electrons. The van der Waals surface area contributed by atoms with Crippen LogP contribution >= 0.6 is 22.9 Å². The molecule has 3 rings (SSSR count). The topological polar surface area (TPSA) is 26.0 Å². The van der Waals surface area contributed by atoms with Crippen LogP contribution in [-0.4, -0.2) is 10.9 Å². The van der Waals surface area contributed by atoms with Gasteiger partial charge in [0.1, 0.15) is 5.76 Å². The number of alkyl halides is 1. The Bertz CT molecular complexity index is 752. The van der Waals surface area contributed by atoms with Crippen LogP contribution < -0.4 is 0 Å². The summed E-state index contributed by atoms with van der Waals surface area (Å²) in [6.07, 6.45) is 2.02. The molecule has 0 aliphatic carbocycles. The van der Waals surface area contributed by atoms with Gasteiger partial charge in [-0.05, 0) is 41.8 Å². The number of benzene rings is 1. The van der Waals surface area contributed by atoms with E-state index in [9.17, 15) is 0 Å². The van der Waals surface area contributed by atoms with E-state index in [0.29, 0.717) is 11.8 Å². The van der Waals surface area contributed by atoms with Crippen LogP contribution in [0.15, 0.2) is 46.4 Å². The molecule has 0 saturated carbocycles. The molecule has 21 heavy (non-hydrogen) atoms. The Hall–Kier alpha value is -1.58. The van der Waals surface area contributed by atoms with Crippen LogP contribution in [0.3, 0.4) is 0 Å². The number of hydrogen-bond donors (Lipinski definition) is 0. The summed E-state index contributed by atoms with van der Waals surface area (Å²) in [6.45, 7) is 4.26. The maximum Gasteiger partial charge on any atom is 0.163 e. The highest BCUT2D eigenvalue weighted by molar-refractivity contribution is 7.21. The van der Waals surface area contributed by atoms with Crippen molar-refractivity contribution in [2.75, 3.05) is 5.88 Å². The Morgan fingerprint density at radius 3 is 2.81 bits per heavy atom. The molecule has 0 atom stereocenters. The van der Waals surface area contributed by atoms with Crippen molar-refractivity contribution in [3.63, 3.8) is 0 Å². The Labute approximate surface area is 133 Å². The van der Waals surface area contributed by atoms with Gasteiger partial charge < -0.3 is 4.42 Å². The first-order chi connectivity index (χ1) is 10.2. The molecule has 0 unspecified atom stereocenters. The number of halogens is 1. The Balaban J connectivity index is 1.94. The summed E-state index contributed by atoms with van der Waals surface area (Å²) < 4.78 is 7.07. The number of allylic oxidation sites excluding steroid dienone is 1. The molecule has 0 aliphatic heterocycles. The van der Waals surface area contributed by atoms with Crippen LogP contribution in [-0.2, 0) is 0 Å². The van der Waals surface area contributed by atoms with Gasteiger partial charge in [0.25, 0.3) is 0 Å². The van der Waals surface area contributed by atoms with Crippen LogP contribution in [0.2, 0.25) is 0 Å². The summed E-state index contributed by atoms with van der Waals surface area (Å²) in [5.74, 6) is 2.57. The average Bonchev–Trinajstić information content (AvgIpc) is 3.10. The molecule has 4 heteroatoms. The van der Waals surface area contributed by atoms with Gasteiger partial charge in [0.05, 0.1) is 10.2 Å². The molecule has 0 saturated heterocycles. The van der Waals surface area contributed by atoms with Crippen LogP contribution in [0.5, 0.6) is 0 Å². The molecule has 2 nitrogen and oxygen atoms in total. The van der Waals surface area contributed by atoms with E-state index in [2.05, 4.69) is 24.9 Å². The first kappa shape index (κ1) is 14.4. The van der Waals surface area contributed by atoms with E-state index in [-0.39, 0.29) is 0 Å². The Morgan fingerprint density at radius 1 is 1.29 bits per heavy atom. The SMILES string of the molecule is CC(C)C(=Cc1ccc(-c2nc3ccccc3s2)o1)CCl. The van der Waals surface area contributed by atoms with E-state index in [1.54, 1.807) is 11.3 Å². The number of para-hydroxylation sites is 1. The van der Waals surface area contributed by atoms with Gasteiger partial charge in [-0.2, -0.15) is 0 Å². The van der Waals surface area contributed by atoms with Crippen molar-refractivity contribution in [2.24, 2.45) is 5.92 Å². The molecule has 0 amide bonds. The lowest BCUT2D eigenvalue weighted by molar-refractivity contribution is 0.570. The van der Waals surface area contributed by atoms with E-state index < -0.39 is 0 Å². The van der Waals surface area contributed by atoms with E-state index in [0.717, 1.165) is 22.0 Å². The molecule has 0 bridgehead atoms. The predicted molar refractivity (Wildman–Crippen MR) is 90.9 cm³/mol. The molecule has 0 N–H and O–H groups in total. The fourth-order valence-electron chi connectivity index (χ4n) is 2.07. The van der Waals surface area contributed by atoms with Gasteiger partial charge in [-0.1, -0.05) is 26.0 Å². The largest absolute Gasteiger partial charge is 0.454 e. The number of hydrogen-bond acceptors (Lipinski definition) is 3. The van der Waals surface area contributed by atoms with Gasteiger partial charge in [0.15, 0.2) is 10.8 Å². The summed E-state index contributed by atoms with van der Waals surface area (Å²) >= 11 is 7.61. The number of furan rings is 1. The maximum absolute atomic E-state index is 5.97. The van der Waals surface area contributed by atoms with Crippen LogP contribution in [0.1, 0.15) is 19.6 Å². The average molecular weight is 318 g/mol. The van der Waals surface area contributed by atoms with Crippen LogP contribution in [0.25, 0.3) is 27.1 Å². The normalized spacial score (nSPS) is 12.5. The number of nitrogens with zero attached hydrogens (tertiary/aromatic N) is 1. The lowest BCUT2D eigenvalue weighted by atomic mass is 10.0. The minimum absolute atomic E-state index is 0.415. The lowest BCUT2D eigenvalue weighted by Gasteiger charge is -2.05. The minimum Gasteiger partial charge on any atom is -0.454 e. The fraction of sp³-hybridized carbons (Fsp3) is 0.235. The van der Waals surface area contributed by atoms with E-state index in [1.807, 2.05) is 36.4 Å². The standard InChI is InChI=1S/C17H16ClNOS/c1-11(2)12(10-18)9-13-7-8-15(20-13)17-19-14-5-3-4-6-16(14)21-17/h3-9,11H,10H2,1-2H3. The van der Waals surface area contributed by atoms with Gasteiger partial charge in [-0.3, -0.25) is 0 Å². The van der Waals surface area contributed by atoms with Crippen molar-refractivity contribution in [3.05, 3.63) is 47.7 Å². The second kappa shape index (κ2) is 6.04. The Kier molecular flexibility index (Phi) is 4.13. The molecule has 2 heterocycles. The summed E-state index contributed by atoms with van der Waals surface area (Å²) in [5, 5.41) is 0.910. The van der Waals surface area contributed by atoms with E-state index in [4.69, 9.17) is 16.0 Å². The lowest BCUT2D eigenvalue weighted by Crippen LogP contribution is -1.94. The smallest absolute Gasteiger partial charge is 0.163 e. The number of thiazole rings is 1. The predicted octanol–water partition coefficient (Wildman–Crippen LogP) is 5.83. The maximum atomic E-state index is 5.97. The monoisotopic (exact) mass is 317 g/mol. The zero-order valence-corrected chi connectivity index (χ0v) is 13.5. The molecular formula is C17H16ClNOS. The third-order valence-corrected chi connectivity index (χ3v) is 4.71. The van der Waals surface area contributed by atoms with Crippen molar-refractivity contribution < 1.29 is 4.42 Å². The minimum atomic E-state index is 0.415. The molecule has 2 aromatic heterocycles. The van der Waals surface area contributed by atoms with Crippen molar-refractivity contribution in [1.29, 1.82) is 0 Å². The molecule has 0 spiro atoms. The molecule has 0 radical (unpaired) electrons. The Morgan fingerprint density at radius 2 is 2.10 bits per heavy atom. The first-order valence-electron chi connectivity index (χ1n) is 6.89. The van der Waals surface area contributed by atoms with Crippen molar-refractivity contribution in [2.45, 2.75) is 13.8 Å². The zero-order valence-electron chi connectivity index (χ0n) is 12.0. The van der Waals surface area contributed by atoms with Crippen LogP contribution in [0.4, 0.5) is 0 Å². The van der Waals surface area contributed by atoms with Gasteiger partial charge >= 0.3 is 0 Å². The van der Waals surface area contributed by atoms with Gasteiger partial charge in [0, 0.05) is 5.88 Å². The van der Waals surface area contributed by atoms with Crippen LogP contribution in [0, 0.1) is 5.92 Å². The summed E-state index contributed by atoms with van der Waals surface area (Å²) in [7, 11) is 0. The van der Waals surface area contributed by atoms with Crippen molar-refractivity contribution >= 4 is 39.2 Å².